The molecular weight excluding hydrogens is 300 g/mol. The molecule has 2 rings (SSSR count). The van der Waals surface area contributed by atoms with Crippen LogP contribution in [0.5, 0.6) is 23.0 Å². The van der Waals surface area contributed by atoms with Crippen molar-refractivity contribution in [3.8, 4) is 23.0 Å². The van der Waals surface area contributed by atoms with Crippen molar-refractivity contribution in [2.24, 2.45) is 0 Å². The monoisotopic (exact) mass is 320 g/mol. The lowest BCUT2D eigenvalue weighted by Crippen LogP contribution is -2.34. The van der Waals surface area contributed by atoms with Gasteiger partial charge < -0.3 is 29.5 Å². The Morgan fingerprint density at radius 3 is 2.22 bits per heavy atom. The quantitative estimate of drug-likeness (QED) is 0.676. The van der Waals surface area contributed by atoms with Gasteiger partial charge in [0.25, 0.3) is 0 Å². The van der Waals surface area contributed by atoms with Crippen LogP contribution in [0.3, 0.4) is 0 Å². The highest BCUT2D eigenvalue weighted by Crippen LogP contribution is 2.37. The van der Waals surface area contributed by atoms with Gasteiger partial charge in [0.2, 0.25) is 5.79 Å². The van der Waals surface area contributed by atoms with Gasteiger partial charge in [-0.25, -0.2) is 0 Å². The Morgan fingerprint density at radius 1 is 0.957 bits per heavy atom. The van der Waals surface area contributed by atoms with Gasteiger partial charge in [-0.1, -0.05) is 12.1 Å². The van der Waals surface area contributed by atoms with Crippen LogP contribution in [-0.2, 0) is 5.79 Å². The second-order valence-electron chi connectivity index (χ2n) is 4.90. The summed E-state index contributed by atoms with van der Waals surface area (Å²) in [5.74, 6) is -0.875. The molecule has 0 spiro atoms. The summed E-state index contributed by atoms with van der Waals surface area (Å²) in [6.07, 6.45) is -0.0705. The molecule has 1 unspecified atom stereocenters. The molecular formula is C17H20O6. The normalized spacial score (nSPS) is 13.2. The van der Waals surface area contributed by atoms with Crippen molar-refractivity contribution >= 4 is 0 Å². The van der Waals surface area contributed by atoms with E-state index in [1.807, 2.05) is 0 Å². The first-order valence-electron chi connectivity index (χ1n) is 7.07. The van der Waals surface area contributed by atoms with Crippen LogP contribution in [0.2, 0.25) is 0 Å². The summed E-state index contributed by atoms with van der Waals surface area (Å²) in [4.78, 5) is 0. The summed E-state index contributed by atoms with van der Waals surface area (Å²) in [6, 6.07) is 11.2. The van der Waals surface area contributed by atoms with Crippen molar-refractivity contribution in [1.82, 2.24) is 0 Å². The van der Waals surface area contributed by atoms with Gasteiger partial charge in [0.1, 0.15) is 0 Å². The zero-order valence-corrected chi connectivity index (χ0v) is 13.0. The number of phenols is 1. The van der Waals surface area contributed by atoms with Crippen LogP contribution in [0, 0.1) is 0 Å². The molecule has 0 saturated heterocycles. The number of aliphatic hydroxyl groups is 2. The second-order valence-corrected chi connectivity index (χ2v) is 4.90. The van der Waals surface area contributed by atoms with E-state index in [9.17, 15) is 15.3 Å². The van der Waals surface area contributed by atoms with Crippen molar-refractivity contribution < 1.29 is 29.5 Å². The van der Waals surface area contributed by atoms with Gasteiger partial charge in [0.05, 0.1) is 14.2 Å². The zero-order valence-electron chi connectivity index (χ0n) is 13.0. The number of hydrogen-bond acceptors (Lipinski definition) is 6. The highest BCUT2D eigenvalue weighted by molar-refractivity contribution is 5.44. The molecule has 0 aliphatic heterocycles. The zero-order chi connectivity index (χ0) is 16.9. The van der Waals surface area contributed by atoms with Crippen molar-refractivity contribution in [2.45, 2.75) is 12.2 Å². The van der Waals surface area contributed by atoms with E-state index in [0.717, 1.165) is 0 Å². The Hall–Kier alpha value is -2.44. The summed E-state index contributed by atoms with van der Waals surface area (Å²) in [5, 5.41) is 29.9. The Kier molecular flexibility index (Phi) is 5.31. The van der Waals surface area contributed by atoms with E-state index >= 15 is 0 Å². The van der Waals surface area contributed by atoms with Crippen molar-refractivity contribution in [3.63, 3.8) is 0 Å². The number of aromatic hydroxyl groups is 1. The standard InChI is InChI=1S/C17H20O6/c1-21-14-5-3-4-6-15(14)23-17(20,9-10-18)12-7-8-13(19)16(11-12)22-2/h3-8,11,18-20H,9-10H2,1-2H3. The maximum absolute atomic E-state index is 10.9. The fourth-order valence-corrected chi connectivity index (χ4v) is 2.21. The van der Waals surface area contributed by atoms with E-state index in [2.05, 4.69) is 0 Å². The predicted octanol–water partition coefficient (Wildman–Crippen LogP) is 2.02. The number of hydrogen-bond donors (Lipinski definition) is 3. The lowest BCUT2D eigenvalue weighted by Gasteiger charge is -2.30. The summed E-state index contributed by atoms with van der Waals surface area (Å²) in [5.41, 5.74) is 0.340. The molecule has 0 amide bonds. The maximum atomic E-state index is 10.9. The molecule has 0 aromatic heterocycles. The number of benzene rings is 2. The molecule has 23 heavy (non-hydrogen) atoms. The summed E-state index contributed by atoms with van der Waals surface area (Å²) in [7, 11) is 2.90. The minimum Gasteiger partial charge on any atom is -0.504 e. The van der Waals surface area contributed by atoms with E-state index < -0.39 is 5.79 Å². The molecule has 0 fully saturated rings. The largest absolute Gasteiger partial charge is 0.504 e. The molecule has 6 heteroatoms. The summed E-state index contributed by atoms with van der Waals surface area (Å²) in [6.45, 7) is -0.297. The molecule has 6 nitrogen and oxygen atoms in total. The third-order valence-corrected chi connectivity index (χ3v) is 3.43. The molecule has 0 heterocycles. The van der Waals surface area contributed by atoms with E-state index in [4.69, 9.17) is 14.2 Å². The molecule has 124 valence electrons. The van der Waals surface area contributed by atoms with Crippen LogP contribution in [-0.4, -0.2) is 36.1 Å². The van der Waals surface area contributed by atoms with Crippen LogP contribution >= 0.6 is 0 Å². The van der Waals surface area contributed by atoms with Gasteiger partial charge >= 0.3 is 0 Å². The highest BCUT2D eigenvalue weighted by Gasteiger charge is 2.33. The minimum absolute atomic E-state index is 0.0557. The van der Waals surface area contributed by atoms with Crippen LogP contribution in [0.25, 0.3) is 0 Å². The van der Waals surface area contributed by atoms with Crippen LogP contribution in [0.4, 0.5) is 0 Å². The molecule has 3 N–H and O–H groups in total. The van der Waals surface area contributed by atoms with Gasteiger partial charge in [-0.15, -0.1) is 0 Å². The highest BCUT2D eigenvalue weighted by atomic mass is 16.6. The SMILES string of the molecule is COc1cc(C(O)(CCO)Oc2ccccc2OC)ccc1O. The molecule has 0 aliphatic carbocycles. The summed E-state index contributed by atoms with van der Waals surface area (Å²) < 4.78 is 16.0. The summed E-state index contributed by atoms with van der Waals surface area (Å²) >= 11 is 0. The first kappa shape index (κ1) is 16.9. The number of methoxy groups -OCH3 is 2. The third-order valence-electron chi connectivity index (χ3n) is 3.43. The predicted molar refractivity (Wildman–Crippen MR) is 83.9 cm³/mol. The molecule has 0 aliphatic rings. The van der Waals surface area contributed by atoms with Gasteiger partial charge in [-0.3, -0.25) is 0 Å². The Morgan fingerprint density at radius 2 is 1.61 bits per heavy atom. The van der Waals surface area contributed by atoms with Crippen molar-refractivity contribution in [3.05, 3.63) is 48.0 Å². The van der Waals surface area contributed by atoms with Crippen molar-refractivity contribution in [2.75, 3.05) is 20.8 Å². The van der Waals surface area contributed by atoms with Gasteiger partial charge in [0.15, 0.2) is 23.0 Å². The van der Waals surface area contributed by atoms with Gasteiger partial charge in [0, 0.05) is 18.6 Å². The van der Waals surface area contributed by atoms with E-state index in [0.29, 0.717) is 17.1 Å². The lowest BCUT2D eigenvalue weighted by atomic mass is 10.0. The number of ether oxygens (including phenoxy) is 3. The van der Waals surface area contributed by atoms with Crippen LogP contribution in [0.1, 0.15) is 12.0 Å². The Bertz CT molecular complexity index is 657. The van der Waals surface area contributed by atoms with E-state index in [1.54, 1.807) is 24.3 Å². The Labute approximate surface area is 134 Å². The first-order valence-corrected chi connectivity index (χ1v) is 7.07. The van der Waals surface area contributed by atoms with Crippen molar-refractivity contribution in [1.29, 1.82) is 0 Å². The molecule has 2 aromatic carbocycles. The molecule has 0 bridgehead atoms. The average molecular weight is 320 g/mol. The molecule has 1 atom stereocenters. The van der Waals surface area contributed by atoms with Crippen LogP contribution in [0.15, 0.2) is 42.5 Å². The molecule has 2 aromatic rings. The molecule has 0 saturated carbocycles. The molecule has 0 radical (unpaired) electrons. The minimum atomic E-state index is -1.80. The van der Waals surface area contributed by atoms with E-state index in [1.165, 1.54) is 32.4 Å². The van der Waals surface area contributed by atoms with Crippen LogP contribution < -0.4 is 14.2 Å². The first-order chi connectivity index (χ1) is 11.0. The van der Waals surface area contributed by atoms with E-state index in [-0.39, 0.29) is 24.5 Å². The average Bonchev–Trinajstić information content (AvgIpc) is 2.56. The third kappa shape index (κ3) is 3.67. The van der Waals surface area contributed by atoms with Gasteiger partial charge in [-0.05, 0) is 30.3 Å². The second kappa shape index (κ2) is 7.21. The maximum Gasteiger partial charge on any atom is 0.237 e. The fourth-order valence-electron chi connectivity index (χ4n) is 2.21. The fraction of sp³-hybridized carbons (Fsp3) is 0.294. The number of para-hydroxylation sites is 2. The smallest absolute Gasteiger partial charge is 0.237 e. The number of aliphatic hydroxyl groups excluding tert-OH is 1. The Balaban J connectivity index is 2.42. The number of phenolic OH excluding ortho intramolecular Hbond substituents is 1. The van der Waals surface area contributed by atoms with Gasteiger partial charge in [-0.2, -0.15) is 0 Å². The lowest BCUT2D eigenvalue weighted by molar-refractivity contribution is -0.158. The topological polar surface area (TPSA) is 88.4 Å². The number of rotatable bonds is 7.